The summed E-state index contributed by atoms with van der Waals surface area (Å²) in [6.07, 6.45) is 3.23. The van der Waals surface area contributed by atoms with Gasteiger partial charge in [-0.25, -0.2) is 4.39 Å². The second-order valence-corrected chi connectivity index (χ2v) is 4.50. The van der Waals surface area contributed by atoms with E-state index in [0.717, 1.165) is 0 Å². The van der Waals surface area contributed by atoms with E-state index in [4.69, 9.17) is 5.73 Å². The standard InChI is InChI=1S/C13H14BrFN2O/c1-3-5-17(6-4-2)13(18)9-7-12(16)11(15)8-10(9)14/h3-4,7-8H,1-2,5-6,16H2. The van der Waals surface area contributed by atoms with Crippen LogP contribution < -0.4 is 5.73 Å². The van der Waals surface area contributed by atoms with Crippen LogP contribution in [0.4, 0.5) is 10.1 Å². The van der Waals surface area contributed by atoms with Crippen LogP contribution in [0.3, 0.4) is 0 Å². The average molecular weight is 313 g/mol. The van der Waals surface area contributed by atoms with Gasteiger partial charge in [-0.1, -0.05) is 12.2 Å². The molecule has 18 heavy (non-hydrogen) atoms. The number of amides is 1. The van der Waals surface area contributed by atoms with E-state index in [9.17, 15) is 9.18 Å². The molecule has 1 aromatic rings. The molecule has 0 atom stereocenters. The highest BCUT2D eigenvalue weighted by Gasteiger charge is 2.18. The summed E-state index contributed by atoms with van der Waals surface area (Å²) in [6, 6.07) is 2.50. The first-order valence-corrected chi connectivity index (χ1v) is 6.06. The molecular weight excluding hydrogens is 299 g/mol. The molecule has 2 N–H and O–H groups in total. The Morgan fingerprint density at radius 3 is 2.44 bits per heavy atom. The van der Waals surface area contributed by atoms with Crippen molar-refractivity contribution in [3.05, 3.63) is 53.3 Å². The second-order valence-electron chi connectivity index (χ2n) is 3.64. The lowest BCUT2D eigenvalue weighted by Gasteiger charge is -2.20. The van der Waals surface area contributed by atoms with Crippen molar-refractivity contribution < 1.29 is 9.18 Å². The average Bonchev–Trinajstić information content (AvgIpc) is 2.33. The first-order chi connectivity index (χ1) is 8.51. The lowest BCUT2D eigenvalue weighted by molar-refractivity contribution is 0.0790. The molecule has 0 saturated carbocycles. The number of halogens is 2. The third-order valence-corrected chi connectivity index (χ3v) is 2.96. The van der Waals surface area contributed by atoms with Gasteiger partial charge in [0.25, 0.3) is 5.91 Å². The number of carbonyl (C=O) groups is 1. The quantitative estimate of drug-likeness (QED) is 0.671. The Morgan fingerprint density at radius 1 is 1.39 bits per heavy atom. The molecule has 0 bridgehead atoms. The highest BCUT2D eigenvalue weighted by Crippen LogP contribution is 2.24. The zero-order valence-electron chi connectivity index (χ0n) is 9.83. The van der Waals surface area contributed by atoms with E-state index in [0.29, 0.717) is 23.1 Å². The van der Waals surface area contributed by atoms with Crippen LogP contribution in [-0.4, -0.2) is 23.9 Å². The number of rotatable bonds is 5. The van der Waals surface area contributed by atoms with E-state index >= 15 is 0 Å². The third kappa shape index (κ3) is 3.20. The molecule has 0 saturated heterocycles. The maximum atomic E-state index is 13.2. The molecule has 0 unspecified atom stereocenters. The first kappa shape index (κ1) is 14.4. The van der Waals surface area contributed by atoms with Crippen molar-refractivity contribution in [3.63, 3.8) is 0 Å². The summed E-state index contributed by atoms with van der Waals surface area (Å²) in [5, 5.41) is 0. The zero-order chi connectivity index (χ0) is 13.7. The van der Waals surface area contributed by atoms with Crippen LogP contribution in [0.2, 0.25) is 0 Å². The molecule has 0 fully saturated rings. The number of benzene rings is 1. The third-order valence-electron chi connectivity index (χ3n) is 2.30. The lowest BCUT2D eigenvalue weighted by Crippen LogP contribution is -2.31. The Kier molecular flexibility index (Phi) is 5.09. The van der Waals surface area contributed by atoms with Crippen molar-refractivity contribution in [2.24, 2.45) is 0 Å². The molecular formula is C13H14BrFN2O. The summed E-state index contributed by atoms with van der Waals surface area (Å²) >= 11 is 3.16. The molecule has 0 aliphatic heterocycles. The number of anilines is 1. The van der Waals surface area contributed by atoms with E-state index < -0.39 is 5.82 Å². The summed E-state index contributed by atoms with van der Waals surface area (Å²) < 4.78 is 13.6. The van der Waals surface area contributed by atoms with Gasteiger partial charge in [0.2, 0.25) is 0 Å². The lowest BCUT2D eigenvalue weighted by atomic mass is 10.1. The topological polar surface area (TPSA) is 46.3 Å². The van der Waals surface area contributed by atoms with Crippen LogP contribution in [0.25, 0.3) is 0 Å². The smallest absolute Gasteiger partial charge is 0.255 e. The molecule has 3 nitrogen and oxygen atoms in total. The van der Waals surface area contributed by atoms with Crippen molar-refractivity contribution in [3.8, 4) is 0 Å². The van der Waals surface area contributed by atoms with E-state index in [-0.39, 0.29) is 11.6 Å². The van der Waals surface area contributed by atoms with E-state index in [1.807, 2.05) is 0 Å². The number of nitrogens with two attached hydrogens (primary N) is 1. The number of hydrogen-bond donors (Lipinski definition) is 1. The molecule has 96 valence electrons. The minimum Gasteiger partial charge on any atom is -0.396 e. The molecule has 0 aliphatic rings. The minimum absolute atomic E-state index is 0.0568. The van der Waals surface area contributed by atoms with Gasteiger partial charge in [-0.15, -0.1) is 13.2 Å². The molecule has 0 radical (unpaired) electrons. The summed E-state index contributed by atoms with van der Waals surface area (Å²) in [5.74, 6) is -0.814. The van der Waals surface area contributed by atoms with Gasteiger partial charge < -0.3 is 10.6 Å². The van der Waals surface area contributed by atoms with Crippen LogP contribution >= 0.6 is 15.9 Å². The van der Waals surface area contributed by atoms with Gasteiger partial charge in [0.1, 0.15) is 5.82 Å². The van der Waals surface area contributed by atoms with E-state index in [2.05, 4.69) is 29.1 Å². The van der Waals surface area contributed by atoms with E-state index in [1.54, 1.807) is 12.2 Å². The minimum atomic E-state index is -0.558. The Labute approximate surface area is 114 Å². The molecule has 0 heterocycles. The van der Waals surface area contributed by atoms with Crippen molar-refractivity contribution in [2.45, 2.75) is 0 Å². The summed E-state index contributed by atoms with van der Waals surface area (Å²) in [6.45, 7) is 7.94. The summed E-state index contributed by atoms with van der Waals surface area (Å²) in [7, 11) is 0. The summed E-state index contributed by atoms with van der Waals surface area (Å²) in [5.41, 5.74) is 5.73. The predicted molar refractivity (Wildman–Crippen MR) is 74.8 cm³/mol. The van der Waals surface area contributed by atoms with E-state index in [1.165, 1.54) is 17.0 Å². The molecule has 0 aromatic heterocycles. The van der Waals surface area contributed by atoms with Gasteiger partial charge >= 0.3 is 0 Å². The molecule has 5 heteroatoms. The second kappa shape index (κ2) is 6.35. The van der Waals surface area contributed by atoms with Crippen molar-refractivity contribution >= 4 is 27.5 Å². The Morgan fingerprint density at radius 2 is 1.94 bits per heavy atom. The van der Waals surface area contributed by atoms with Gasteiger partial charge in [0.05, 0.1) is 11.3 Å². The molecule has 1 amide bonds. The maximum Gasteiger partial charge on any atom is 0.255 e. The first-order valence-electron chi connectivity index (χ1n) is 5.26. The van der Waals surface area contributed by atoms with Gasteiger partial charge in [-0.05, 0) is 28.1 Å². The zero-order valence-corrected chi connectivity index (χ0v) is 11.4. The van der Waals surface area contributed by atoms with Crippen LogP contribution in [0.5, 0.6) is 0 Å². The fourth-order valence-corrected chi connectivity index (χ4v) is 1.94. The number of carbonyl (C=O) groups excluding carboxylic acids is 1. The number of hydrogen-bond acceptors (Lipinski definition) is 2. The van der Waals surface area contributed by atoms with Crippen LogP contribution in [0.15, 0.2) is 41.9 Å². The van der Waals surface area contributed by atoms with Crippen molar-refractivity contribution in [2.75, 3.05) is 18.8 Å². The molecule has 1 rings (SSSR count). The Hall–Kier alpha value is -1.62. The van der Waals surface area contributed by atoms with Gasteiger partial charge in [0, 0.05) is 17.6 Å². The highest BCUT2D eigenvalue weighted by atomic mass is 79.9. The SMILES string of the molecule is C=CCN(CC=C)C(=O)c1cc(N)c(F)cc1Br. The largest absolute Gasteiger partial charge is 0.396 e. The number of nitrogen functional groups attached to an aromatic ring is 1. The monoisotopic (exact) mass is 312 g/mol. The predicted octanol–water partition coefficient (Wildman–Crippen LogP) is 2.98. The Balaban J connectivity index is 3.11. The highest BCUT2D eigenvalue weighted by molar-refractivity contribution is 9.10. The molecule has 1 aromatic carbocycles. The number of nitrogens with zero attached hydrogens (tertiary/aromatic N) is 1. The van der Waals surface area contributed by atoms with Crippen LogP contribution in [0.1, 0.15) is 10.4 Å². The molecule has 0 spiro atoms. The van der Waals surface area contributed by atoms with Gasteiger partial charge in [0.15, 0.2) is 0 Å². The van der Waals surface area contributed by atoms with Crippen LogP contribution in [-0.2, 0) is 0 Å². The van der Waals surface area contributed by atoms with Crippen molar-refractivity contribution in [1.82, 2.24) is 4.90 Å². The van der Waals surface area contributed by atoms with Gasteiger partial charge in [-0.3, -0.25) is 4.79 Å². The van der Waals surface area contributed by atoms with Crippen molar-refractivity contribution in [1.29, 1.82) is 0 Å². The van der Waals surface area contributed by atoms with Gasteiger partial charge in [-0.2, -0.15) is 0 Å². The fourth-order valence-electron chi connectivity index (χ4n) is 1.45. The normalized spacial score (nSPS) is 9.89. The summed E-state index contributed by atoms with van der Waals surface area (Å²) in [4.78, 5) is 13.8. The maximum absolute atomic E-state index is 13.2. The fraction of sp³-hybridized carbons (Fsp3) is 0.154. The Bertz CT molecular complexity index is 478. The van der Waals surface area contributed by atoms with Crippen LogP contribution in [0, 0.1) is 5.82 Å². The molecule has 0 aliphatic carbocycles.